The zero-order valence-corrected chi connectivity index (χ0v) is 16.4. The lowest BCUT2D eigenvalue weighted by Gasteiger charge is -2.10. The van der Waals surface area contributed by atoms with E-state index in [1.807, 2.05) is 0 Å². The van der Waals surface area contributed by atoms with Gasteiger partial charge < -0.3 is 0 Å². The van der Waals surface area contributed by atoms with Gasteiger partial charge in [-0.05, 0) is 53.6 Å². The van der Waals surface area contributed by atoms with Crippen molar-refractivity contribution in [2.45, 2.75) is 13.1 Å². The first-order valence-corrected chi connectivity index (χ1v) is 9.47. The van der Waals surface area contributed by atoms with E-state index >= 15 is 0 Å². The molecule has 30 heavy (non-hydrogen) atoms. The van der Waals surface area contributed by atoms with E-state index in [0.717, 1.165) is 4.57 Å². The van der Waals surface area contributed by atoms with Gasteiger partial charge in [0.25, 0.3) is 0 Å². The van der Waals surface area contributed by atoms with Crippen LogP contribution in [0.5, 0.6) is 0 Å². The summed E-state index contributed by atoms with van der Waals surface area (Å²) in [4.78, 5) is 26.3. The predicted octanol–water partition coefficient (Wildman–Crippen LogP) is 3.83. The van der Waals surface area contributed by atoms with Crippen molar-refractivity contribution in [3.8, 4) is 5.69 Å². The van der Waals surface area contributed by atoms with Gasteiger partial charge in [-0.3, -0.25) is 0 Å². The standard InChI is InChI=1S/C22H16ClF2N3O2/c23-17-6-3-9-20(12-17)28-21(29)26(13-15-4-1-7-18(24)10-15)27(22(28)30)14-16-5-2-8-19(25)11-16/h1-12H,13-14H2. The summed E-state index contributed by atoms with van der Waals surface area (Å²) in [7, 11) is 0. The maximum atomic E-state index is 13.6. The molecule has 1 heterocycles. The van der Waals surface area contributed by atoms with Gasteiger partial charge in [0.2, 0.25) is 0 Å². The van der Waals surface area contributed by atoms with Crippen molar-refractivity contribution in [1.82, 2.24) is 13.9 Å². The molecule has 0 fully saturated rings. The summed E-state index contributed by atoms with van der Waals surface area (Å²) >= 11 is 6.03. The lowest BCUT2D eigenvalue weighted by molar-refractivity contribution is 0.487. The fourth-order valence-electron chi connectivity index (χ4n) is 3.28. The summed E-state index contributed by atoms with van der Waals surface area (Å²) in [5.41, 5.74) is 0.107. The smallest absolute Gasteiger partial charge is 0.245 e. The molecule has 0 saturated heterocycles. The molecule has 0 atom stereocenters. The van der Waals surface area contributed by atoms with E-state index in [0.29, 0.717) is 21.8 Å². The zero-order valence-electron chi connectivity index (χ0n) is 15.6. The highest BCUT2D eigenvalue weighted by atomic mass is 35.5. The third kappa shape index (κ3) is 3.97. The van der Waals surface area contributed by atoms with Gasteiger partial charge in [0, 0.05) is 5.02 Å². The van der Waals surface area contributed by atoms with Gasteiger partial charge in [-0.1, -0.05) is 41.9 Å². The molecule has 0 unspecified atom stereocenters. The Labute approximate surface area is 175 Å². The maximum Gasteiger partial charge on any atom is 0.352 e. The lowest BCUT2D eigenvalue weighted by atomic mass is 10.2. The Balaban J connectivity index is 1.88. The number of rotatable bonds is 5. The fraction of sp³-hybridized carbons (Fsp3) is 0.0909. The average Bonchev–Trinajstić information content (AvgIpc) is 2.92. The van der Waals surface area contributed by atoms with E-state index in [1.165, 1.54) is 51.8 Å². The SMILES string of the molecule is O=c1n(-c2cccc(Cl)c2)c(=O)n(Cc2cccc(F)c2)n1Cc1cccc(F)c1. The van der Waals surface area contributed by atoms with Crippen LogP contribution in [-0.2, 0) is 13.1 Å². The van der Waals surface area contributed by atoms with Crippen molar-refractivity contribution in [2.24, 2.45) is 0 Å². The molecule has 4 aromatic rings. The molecule has 3 aromatic carbocycles. The van der Waals surface area contributed by atoms with Gasteiger partial charge in [-0.15, -0.1) is 0 Å². The van der Waals surface area contributed by atoms with Gasteiger partial charge in [0.05, 0.1) is 18.8 Å². The van der Waals surface area contributed by atoms with Gasteiger partial charge in [-0.25, -0.2) is 32.3 Å². The predicted molar refractivity (Wildman–Crippen MR) is 110 cm³/mol. The number of nitrogens with zero attached hydrogens (tertiary/aromatic N) is 3. The van der Waals surface area contributed by atoms with Crippen molar-refractivity contribution < 1.29 is 8.78 Å². The van der Waals surface area contributed by atoms with E-state index in [4.69, 9.17) is 11.6 Å². The Bertz CT molecular complexity index is 1260. The van der Waals surface area contributed by atoms with Gasteiger partial charge in [0.15, 0.2) is 0 Å². The molecule has 0 amide bonds. The largest absolute Gasteiger partial charge is 0.352 e. The summed E-state index contributed by atoms with van der Waals surface area (Å²) < 4.78 is 30.7. The highest BCUT2D eigenvalue weighted by Gasteiger charge is 2.18. The normalized spacial score (nSPS) is 11.0. The van der Waals surface area contributed by atoms with Crippen molar-refractivity contribution in [3.05, 3.63) is 122 Å². The molecule has 0 aliphatic rings. The fourth-order valence-corrected chi connectivity index (χ4v) is 3.46. The van der Waals surface area contributed by atoms with E-state index < -0.39 is 23.0 Å². The third-order valence-electron chi connectivity index (χ3n) is 4.62. The molecule has 152 valence electrons. The highest BCUT2D eigenvalue weighted by Crippen LogP contribution is 2.13. The topological polar surface area (TPSA) is 48.9 Å². The molecule has 0 aliphatic carbocycles. The second kappa shape index (κ2) is 8.12. The molecule has 0 spiro atoms. The average molecular weight is 428 g/mol. The van der Waals surface area contributed by atoms with Crippen LogP contribution in [0.25, 0.3) is 5.69 Å². The first-order valence-electron chi connectivity index (χ1n) is 9.10. The molecule has 0 aliphatic heterocycles. The molecule has 8 heteroatoms. The summed E-state index contributed by atoms with van der Waals surface area (Å²) in [5.74, 6) is -0.900. The van der Waals surface area contributed by atoms with Crippen LogP contribution in [0, 0.1) is 11.6 Å². The second-order valence-electron chi connectivity index (χ2n) is 6.76. The van der Waals surface area contributed by atoms with Gasteiger partial charge in [0.1, 0.15) is 11.6 Å². The van der Waals surface area contributed by atoms with Crippen molar-refractivity contribution in [1.29, 1.82) is 0 Å². The van der Waals surface area contributed by atoms with Crippen molar-refractivity contribution in [3.63, 3.8) is 0 Å². The molecular weight excluding hydrogens is 412 g/mol. The number of halogens is 3. The number of benzene rings is 3. The van der Waals surface area contributed by atoms with Crippen LogP contribution in [0.1, 0.15) is 11.1 Å². The molecule has 0 saturated carbocycles. The second-order valence-corrected chi connectivity index (χ2v) is 7.19. The van der Waals surface area contributed by atoms with Crippen molar-refractivity contribution >= 4 is 11.6 Å². The molecule has 1 aromatic heterocycles. The Morgan fingerprint density at radius 1 is 0.700 bits per heavy atom. The summed E-state index contributed by atoms with van der Waals surface area (Å²) in [6.07, 6.45) is 0. The molecule has 0 radical (unpaired) electrons. The monoisotopic (exact) mass is 427 g/mol. The zero-order chi connectivity index (χ0) is 21.3. The van der Waals surface area contributed by atoms with E-state index in [9.17, 15) is 18.4 Å². The van der Waals surface area contributed by atoms with Crippen molar-refractivity contribution in [2.75, 3.05) is 0 Å². The van der Waals surface area contributed by atoms with E-state index in [1.54, 1.807) is 30.3 Å². The van der Waals surface area contributed by atoms with Crippen LogP contribution in [0.15, 0.2) is 82.4 Å². The molecule has 0 bridgehead atoms. The number of hydrogen-bond acceptors (Lipinski definition) is 2. The lowest BCUT2D eigenvalue weighted by Crippen LogP contribution is -2.28. The Hall–Kier alpha value is -3.45. The van der Waals surface area contributed by atoms with Crippen LogP contribution in [-0.4, -0.2) is 13.9 Å². The first kappa shape index (κ1) is 19.8. The van der Waals surface area contributed by atoms with Gasteiger partial charge in [-0.2, -0.15) is 0 Å². The Morgan fingerprint density at radius 3 is 1.67 bits per heavy atom. The Morgan fingerprint density at radius 2 is 1.20 bits per heavy atom. The third-order valence-corrected chi connectivity index (χ3v) is 4.86. The number of aromatic nitrogens is 3. The summed E-state index contributed by atoms with van der Waals surface area (Å²) in [5, 5.41) is 0.369. The highest BCUT2D eigenvalue weighted by molar-refractivity contribution is 6.30. The van der Waals surface area contributed by atoms with E-state index in [-0.39, 0.29) is 13.1 Å². The number of hydrogen-bond donors (Lipinski definition) is 0. The first-order chi connectivity index (χ1) is 14.4. The molecule has 4 rings (SSSR count). The molecule has 5 nitrogen and oxygen atoms in total. The quantitative estimate of drug-likeness (QED) is 0.486. The van der Waals surface area contributed by atoms with E-state index in [2.05, 4.69) is 0 Å². The minimum absolute atomic E-state index is 0.0330. The van der Waals surface area contributed by atoms with Crippen LogP contribution in [0.4, 0.5) is 8.78 Å². The molecular formula is C22H16ClF2N3O2. The minimum atomic E-state index is -0.608. The van der Waals surface area contributed by atoms with Crippen LogP contribution < -0.4 is 11.4 Å². The van der Waals surface area contributed by atoms with Crippen LogP contribution in [0.2, 0.25) is 5.02 Å². The summed E-state index contributed by atoms with van der Waals surface area (Å²) in [6, 6.07) is 17.9. The van der Waals surface area contributed by atoms with Crippen LogP contribution >= 0.6 is 11.6 Å². The molecule has 0 N–H and O–H groups in total. The Kier molecular flexibility index (Phi) is 5.37. The maximum absolute atomic E-state index is 13.6. The minimum Gasteiger partial charge on any atom is -0.245 e. The summed E-state index contributed by atoms with van der Waals surface area (Å²) in [6.45, 7) is -0.0660. The van der Waals surface area contributed by atoms with Gasteiger partial charge >= 0.3 is 11.4 Å². The van der Waals surface area contributed by atoms with Crippen LogP contribution in [0.3, 0.4) is 0 Å².